The molecule has 1 fully saturated rings. The molecule has 1 aliphatic heterocycles. The van der Waals surface area contributed by atoms with Gasteiger partial charge in [-0.2, -0.15) is 0 Å². The number of benzene rings is 1. The number of alkyl carbamates (subject to hydrolysis) is 1. The molecule has 0 aliphatic carbocycles. The molecule has 1 heterocycles. The molecule has 1 aromatic carbocycles. The maximum atomic E-state index is 12.7. The molecule has 1 aromatic rings. The molecule has 1 amide bonds. The highest BCUT2D eigenvalue weighted by molar-refractivity contribution is 5.73. The lowest BCUT2D eigenvalue weighted by molar-refractivity contribution is -0.150. The van der Waals surface area contributed by atoms with Crippen molar-refractivity contribution in [3.05, 3.63) is 35.9 Å². The van der Waals surface area contributed by atoms with Crippen LogP contribution in [0.4, 0.5) is 9.18 Å². The van der Waals surface area contributed by atoms with Gasteiger partial charge in [0.1, 0.15) is 13.3 Å². The van der Waals surface area contributed by atoms with Crippen LogP contribution in [-0.4, -0.2) is 55.9 Å². The average Bonchev–Trinajstić information content (AvgIpc) is 2.61. The number of likely N-dealkylation sites (tertiary alicyclic amines) is 1. The Morgan fingerprint density at radius 3 is 2.68 bits per heavy atom. The Labute approximate surface area is 147 Å². The summed E-state index contributed by atoms with van der Waals surface area (Å²) in [7, 11) is 0. The Hall–Kier alpha value is -2.15. The van der Waals surface area contributed by atoms with Crippen LogP contribution in [0.3, 0.4) is 0 Å². The molecule has 25 heavy (non-hydrogen) atoms. The van der Waals surface area contributed by atoms with Gasteiger partial charge in [0.15, 0.2) is 0 Å². The number of hydrogen-bond acceptors (Lipinski definition) is 5. The van der Waals surface area contributed by atoms with Crippen molar-refractivity contribution in [1.82, 2.24) is 10.2 Å². The molecular weight excluding hydrogens is 327 g/mol. The van der Waals surface area contributed by atoms with Crippen LogP contribution in [0.5, 0.6) is 0 Å². The minimum absolute atomic E-state index is 0.175. The SMILES string of the molecule is CCOC(=O)[C@@H]1C[C@H](NC(=O)OCc2ccccc2)CN(CCF)C1. The van der Waals surface area contributed by atoms with E-state index in [9.17, 15) is 14.0 Å². The number of esters is 1. The predicted molar refractivity (Wildman–Crippen MR) is 90.7 cm³/mol. The van der Waals surface area contributed by atoms with Gasteiger partial charge < -0.3 is 14.8 Å². The van der Waals surface area contributed by atoms with E-state index in [2.05, 4.69) is 5.32 Å². The molecule has 0 spiro atoms. The summed E-state index contributed by atoms with van der Waals surface area (Å²) in [6.07, 6.45) is -0.0826. The van der Waals surface area contributed by atoms with Crippen molar-refractivity contribution in [1.29, 1.82) is 0 Å². The van der Waals surface area contributed by atoms with Crippen LogP contribution < -0.4 is 5.32 Å². The fourth-order valence-corrected chi connectivity index (χ4v) is 2.96. The summed E-state index contributed by atoms with van der Waals surface area (Å²) in [5.74, 6) is -0.685. The standard InChI is InChI=1S/C18H25FN2O4/c1-2-24-17(22)15-10-16(12-21(11-15)9-8-19)20-18(23)25-13-14-6-4-3-5-7-14/h3-7,15-16H,2,8-13H2,1H3,(H,20,23)/t15-,16+/m1/s1. The highest BCUT2D eigenvalue weighted by Gasteiger charge is 2.33. The second kappa shape index (κ2) is 9.98. The lowest BCUT2D eigenvalue weighted by Crippen LogP contribution is -2.53. The van der Waals surface area contributed by atoms with E-state index in [4.69, 9.17) is 9.47 Å². The lowest BCUT2D eigenvalue weighted by atomic mass is 9.94. The Morgan fingerprint density at radius 2 is 2.00 bits per heavy atom. The zero-order chi connectivity index (χ0) is 18.1. The van der Waals surface area contributed by atoms with Gasteiger partial charge in [0.25, 0.3) is 0 Å². The van der Waals surface area contributed by atoms with E-state index in [1.54, 1.807) is 6.92 Å². The van der Waals surface area contributed by atoms with E-state index < -0.39 is 12.8 Å². The number of halogens is 1. The summed E-state index contributed by atoms with van der Waals surface area (Å²) in [5.41, 5.74) is 0.893. The molecule has 2 rings (SSSR count). The van der Waals surface area contributed by atoms with Gasteiger partial charge in [-0.1, -0.05) is 30.3 Å². The summed E-state index contributed by atoms with van der Waals surface area (Å²) < 4.78 is 23.0. The quantitative estimate of drug-likeness (QED) is 0.762. The number of nitrogens with one attached hydrogen (secondary N) is 1. The van der Waals surface area contributed by atoms with Crippen molar-refractivity contribution < 1.29 is 23.5 Å². The van der Waals surface area contributed by atoms with Crippen LogP contribution >= 0.6 is 0 Å². The normalized spacial score (nSPS) is 20.7. The summed E-state index contributed by atoms with van der Waals surface area (Å²) in [5, 5.41) is 2.77. The molecule has 1 aliphatic rings. The molecule has 6 nitrogen and oxygen atoms in total. The van der Waals surface area contributed by atoms with Crippen molar-refractivity contribution >= 4 is 12.1 Å². The fourth-order valence-electron chi connectivity index (χ4n) is 2.96. The van der Waals surface area contributed by atoms with Gasteiger partial charge >= 0.3 is 12.1 Å². The molecule has 7 heteroatoms. The minimum atomic E-state index is -0.543. The Bertz CT molecular complexity index is 555. The van der Waals surface area contributed by atoms with E-state index in [1.807, 2.05) is 35.2 Å². The van der Waals surface area contributed by atoms with Gasteiger partial charge in [-0.15, -0.1) is 0 Å². The van der Waals surface area contributed by atoms with E-state index >= 15 is 0 Å². The molecule has 0 saturated carbocycles. The number of alkyl halides is 1. The third-order valence-corrected chi connectivity index (χ3v) is 4.08. The third kappa shape index (κ3) is 6.34. The van der Waals surface area contributed by atoms with Crippen LogP contribution in [0, 0.1) is 5.92 Å². The second-order valence-corrected chi connectivity index (χ2v) is 6.04. The summed E-state index contributed by atoms with van der Waals surface area (Å²) in [6, 6.07) is 9.09. The maximum Gasteiger partial charge on any atom is 0.407 e. The average molecular weight is 352 g/mol. The van der Waals surface area contributed by atoms with Crippen LogP contribution in [0.1, 0.15) is 18.9 Å². The number of piperidine rings is 1. The second-order valence-electron chi connectivity index (χ2n) is 6.04. The van der Waals surface area contributed by atoms with Crippen LogP contribution in [-0.2, 0) is 20.9 Å². The number of hydrogen-bond donors (Lipinski definition) is 1. The monoisotopic (exact) mass is 352 g/mol. The Kier molecular flexibility index (Phi) is 7.66. The number of rotatable bonds is 7. The molecule has 0 radical (unpaired) electrons. The van der Waals surface area contributed by atoms with E-state index in [-0.39, 0.29) is 31.1 Å². The van der Waals surface area contributed by atoms with E-state index in [0.29, 0.717) is 26.1 Å². The highest BCUT2D eigenvalue weighted by atomic mass is 19.1. The number of amides is 1. The largest absolute Gasteiger partial charge is 0.466 e. The van der Waals surface area contributed by atoms with E-state index in [0.717, 1.165) is 5.56 Å². The number of carbonyl (C=O) groups excluding carboxylic acids is 2. The Balaban J connectivity index is 1.87. The van der Waals surface area contributed by atoms with Crippen molar-refractivity contribution in [2.75, 3.05) is 32.9 Å². The lowest BCUT2D eigenvalue weighted by Gasteiger charge is -2.36. The van der Waals surface area contributed by atoms with Crippen molar-refractivity contribution in [3.8, 4) is 0 Å². The van der Waals surface area contributed by atoms with Crippen LogP contribution in [0.2, 0.25) is 0 Å². The molecule has 138 valence electrons. The molecular formula is C18H25FN2O4. The van der Waals surface area contributed by atoms with Gasteiger partial charge in [-0.25, -0.2) is 9.18 Å². The fraction of sp³-hybridized carbons (Fsp3) is 0.556. The summed E-state index contributed by atoms with van der Waals surface area (Å²) in [4.78, 5) is 25.8. The zero-order valence-electron chi connectivity index (χ0n) is 14.4. The molecule has 0 aromatic heterocycles. The van der Waals surface area contributed by atoms with Gasteiger partial charge in [0.2, 0.25) is 0 Å². The molecule has 2 atom stereocenters. The molecule has 0 bridgehead atoms. The van der Waals surface area contributed by atoms with Gasteiger partial charge in [-0.3, -0.25) is 9.69 Å². The van der Waals surface area contributed by atoms with Crippen molar-refractivity contribution in [2.45, 2.75) is 26.0 Å². The summed E-state index contributed by atoms with van der Waals surface area (Å²) in [6.45, 7) is 2.88. The topological polar surface area (TPSA) is 67.9 Å². The first-order valence-corrected chi connectivity index (χ1v) is 8.54. The first-order chi connectivity index (χ1) is 12.1. The van der Waals surface area contributed by atoms with Gasteiger partial charge in [-0.05, 0) is 18.9 Å². The Morgan fingerprint density at radius 1 is 1.24 bits per heavy atom. The van der Waals surface area contributed by atoms with E-state index in [1.165, 1.54) is 0 Å². The smallest absolute Gasteiger partial charge is 0.407 e. The van der Waals surface area contributed by atoms with Crippen molar-refractivity contribution in [3.63, 3.8) is 0 Å². The third-order valence-electron chi connectivity index (χ3n) is 4.08. The molecule has 0 unspecified atom stereocenters. The maximum absolute atomic E-state index is 12.7. The number of ether oxygens (including phenoxy) is 2. The van der Waals surface area contributed by atoms with Gasteiger partial charge in [0.05, 0.1) is 12.5 Å². The zero-order valence-corrected chi connectivity index (χ0v) is 14.4. The number of nitrogens with zero attached hydrogens (tertiary/aromatic N) is 1. The first-order valence-electron chi connectivity index (χ1n) is 8.54. The van der Waals surface area contributed by atoms with Crippen LogP contribution in [0.15, 0.2) is 30.3 Å². The van der Waals surface area contributed by atoms with Crippen LogP contribution in [0.25, 0.3) is 0 Å². The molecule has 1 saturated heterocycles. The highest BCUT2D eigenvalue weighted by Crippen LogP contribution is 2.19. The van der Waals surface area contributed by atoms with Crippen molar-refractivity contribution in [2.24, 2.45) is 5.92 Å². The minimum Gasteiger partial charge on any atom is -0.466 e. The number of carbonyl (C=O) groups is 2. The van der Waals surface area contributed by atoms with Gasteiger partial charge in [0, 0.05) is 25.7 Å². The first kappa shape index (κ1) is 19.2. The summed E-state index contributed by atoms with van der Waals surface area (Å²) >= 11 is 0. The predicted octanol–water partition coefficient (Wildman–Crippen LogP) is 2.14. The molecule has 1 N–H and O–H groups in total.